The number of hydrogen-bond donors (Lipinski definition) is 3. The summed E-state index contributed by atoms with van der Waals surface area (Å²) in [7, 11) is 0. The summed E-state index contributed by atoms with van der Waals surface area (Å²) in [5.74, 6) is -0.114. The van der Waals surface area contributed by atoms with Gasteiger partial charge >= 0.3 is 5.97 Å². The van der Waals surface area contributed by atoms with Crippen LogP contribution < -0.4 is 5.32 Å². The molecule has 3 N–H and O–H groups in total. The topological polar surface area (TPSA) is 95.9 Å². The van der Waals surface area contributed by atoms with Gasteiger partial charge in [0.15, 0.2) is 0 Å². The van der Waals surface area contributed by atoms with Crippen LogP contribution in [0.15, 0.2) is 12.2 Å². The van der Waals surface area contributed by atoms with Crippen molar-refractivity contribution in [3.63, 3.8) is 0 Å². The number of aliphatic hydroxyl groups is 2. The monoisotopic (exact) mass is 708 g/mol. The molecule has 0 aliphatic heterocycles. The molecule has 1 amide bonds. The first-order valence-electron chi connectivity index (χ1n) is 22.0. The summed E-state index contributed by atoms with van der Waals surface area (Å²) in [6.07, 6.45) is 43.3. The molecular formula is C44H85NO5. The number of carbonyl (C=O) groups excluding carboxylic acids is 2. The van der Waals surface area contributed by atoms with Crippen LogP contribution in [0.2, 0.25) is 0 Å². The van der Waals surface area contributed by atoms with Crippen LogP contribution >= 0.6 is 0 Å². The first-order chi connectivity index (χ1) is 24.5. The molecule has 0 radical (unpaired) electrons. The number of hydrogen-bond acceptors (Lipinski definition) is 5. The van der Waals surface area contributed by atoms with Crippen LogP contribution in [0.5, 0.6) is 0 Å². The third kappa shape index (κ3) is 36.4. The van der Waals surface area contributed by atoms with Crippen molar-refractivity contribution < 1.29 is 24.5 Å². The average Bonchev–Trinajstić information content (AvgIpc) is 3.11. The van der Waals surface area contributed by atoms with Gasteiger partial charge in [0.25, 0.3) is 0 Å². The quantitative estimate of drug-likeness (QED) is 0.0335. The van der Waals surface area contributed by atoms with Crippen LogP contribution in [-0.2, 0) is 14.3 Å². The van der Waals surface area contributed by atoms with Gasteiger partial charge in [-0.3, -0.25) is 9.59 Å². The minimum absolute atomic E-state index is 0.0219. The second-order valence-corrected chi connectivity index (χ2v) is 15.0. The Kier molecular flexibility index (Phi) is 39.2. The summed E-state index contributed by atoms with van der Waals surface area (Å²) >= 11 is 0. The number of allylic oxidation sites excluding steroid dienone is 1. The largest absolute Gasteiger partial charge is 0.466 e. The van der Waals surface area contributed by atoms with Gasteiger partial charge in [-0.25, -0.2) is 0 Å². The number of amides is 1. The first kappa shape index (κ1) is 48.6. The maximum atomic E-state index is 12.4. The van der Waals surface area contributed by atoms with Crippen LogP contribution in [0.3, 0.4) is 0 Å². The van der Waals surface area contributed by atoms with Crippen molar-refractivity contribution in [1.29, 1.82) is 0 Å². The minimum Gasteiger partial charge on any atom is -0.466 e. The van der Waals surface area contributed by atoms with Gasteiger partial charge in [0, 0.05) is 12.8 Å². The fraction of sp³-hybridized carbons (Fsp3) is 0.909. The Morgan fingerprint density at radius 3 is 1.36 bits per heavy atom. The molecule has 0 saturated heterocycles. The lowest BCUT2D eigenvalue weighted by Crippen LogP contribution is -2.45. The van der Waals surface area contributed by atoms with E-state index in [2.05, 4.69) is 19.2 Å². The lowest BCUT2D eigenvalue weighted by Gasteiger charge is -2.20. The van der Waals surface area contributed by atoms with E-state index in [9.17, 15) is 19.8 Å². The van der Waals surface area contributed by atoms with E-state index in [0.29, 0.717) is 19.4 Å². The Morgan fingerprint density at radius 2 is 0.920 bits per heavy atom. The second-order valence-electron chi connectivity index (χ2n) is 15.0. The van der Waals surface area contributed by atoms with E-state index < -0.39 is 12.1 Å². The minimum atomic E-state index is -0.855. The number of unbranched alkanes of at least 4 members (excludes halogenated alkanes) is 29. The Morgan fingerprint density at radius 1 is 0.540 bits per heavy atom. The van der Waals surface area contributed by atoms with Crippen LogP contribution in [0.1, 0.15) is 232 Å². The van der Waals surface area contributed by atoms with E-state index in [0.717, 1.165) is 57.8 Å². The zero-order valence-electron chi connectivity index (χ0n) is 33.4. The molecule has 0 aromatic rings. The number of esters is 1. The Bertz CT molecular complexity index is 742. The molecule has 0 spiro atoms. The summed E-state index contributed by atoms with van der Waals surface area (Å²) in [6, 6.07) is -0.641. The van der Waals surface area contributed by atoms with Gasteiger partial charge in [-0.2, -0.15) is 0 Å². The SMILES string of the molecule is CCCCCCCCCCCC/C=C/C(O)C(CO)NC(=O)CCCCCCCCCCCCOC(=O)CCCCCCCCCCCCC. The van der Waals surface area contributed by atoms with Crippen LogP contribution in [0.4, 0.5) is 0 Å². The number of nitrogens with one attached hydrogen (secondary N) is 1. The molecule has 6 heteroatoms. The van der Waals surface area contributed by atoms with E-state index in [1.165, 1.54) is 148 Å². The normalized spacial score (nSPS) is 12.8. The van der Waals surface area contributed by atoms with Gasteiger partial charge in [0.05, 0.1) is 25.4 Å². The number of ether oxygens (including phenoxy) is 1. The summed E-state index contributed by atoms with van der Waals surface area (Å²) in [5.41, 5.74) is 0. The molecule has 6 nitrogen and oxygen atoms in total. The lowest BCUT2D eigenvalue weighted by molar-refractivity contribution is -0.143. The second kappa shape index (κ2) is 40.4. The molecule has 0 fully saturated rings. The first-order valence-corrected chi connectivity index (χ1v) is 22.0. The molecule has 2 unspecified atom stereocenters. The number of rotatable bonds is 40. The van der Waals surface area contributed by atoms with Crippen molar-refractivity contribution in [3.8, 4) is 0 Å². The van der Waals surface area contributed by atoms with Gasteiger partial charge in [-0.15, -0.1) is 0 Å². The molecule has 0 rings (SSSR count). The summed E-state index contributed by atoms with van der Waals surface area (Å²) < 4.78 is 5.42. The smallest absolute Gasteiger partial charge is 0.305 e. The van der Waals surface area contributed by atoms with Gasteiger partial charge < -0.3 is 20.3 Å². The fourth-order valence-corrected chi connectivity index (χ4v) is 6.63. The molecular weight excluding hydrogens is 622 g/mol. The highest BCUT2D eigenvalue weighted by Gasteiger charge is 2.18. The average molecular weight is 708 g/mol. The third-order valence-corrected chi connectivity index (χ3v) is 10.1. The van der Waals surface area contributed by atoms with Gasteiger partial charge in [0.2, 0.25) is 5.91 Å². The molecule has 50 heavy (non-hydrogen) atoms. The van der Waals surface area contributed by atoms with Gasteiger partial charge in [-0.1, -0.05) is 199 Å². The molecule has 0 aliphatic carbocycles. The predicted octanol–water partition coefficient (Wildman–Crippen LogP) is 12.2. The van der Waals surface area contributed by atoms with E-state index in [-0.39, 0.29) is 18.5 Å². The van der Waals surface area contributed by atoms with Crippen molar-refractivity contribution in [2.75, 3.05) is 13.2 Å². The van der Waals surface area contributed by atoms with Crippen molar-refractivity contribution in [2.45, 2.75) is 244 Å². The molecule has 0 aromatic carbocycles. The highest BCUT2D eigenvalue weighted by Crippen LogP contribution is 2.15. The van der Waals surface area contributed by atoms with Crippen LogP contribution in [0.25, 0.3) is 0 Å². The van der Waals surface area contributed by atoms with Crippen molar-refractivity contribution in [3.05, 3.63) is 12.2 Å². The molecule has 0 aliphatic rings. The summed E-state index contributed by atoms with van der Waals surface area (Å²) in [4.78, 5) is 24.3. The van der Waals surface area contributed by atoms with E-state index in [1.807, 2.05) is 6.08 Å². The van der Waals surface area contributed by atoms with Crippen molar-refractivity contribution >= 4 is 11.9 Å². The molecule has 0 heterocycles. The molecule has 296 valence electrons. The maximum Gasteiger partial charge on any atom is 0.305 e. The van der Waals surface area contributed by atoms with E-state index in [4.69, 9.17) is 4.74 Å². The molecule has 0 bridgehead atoms. The van der Waals surface area contributed by atoms with Gasteiger partial charge in [-0.05, 0) is 32.1 Å². The standard InChI is InChI=1S/C44H85NO5/c1-3-5-7-9-11-13-15-17-20-24-28-32-36-42(47)41(40-46)45-43(48)37-33-29-25-21-18-19-23-27-31-35-39-50-44(49)38-34-30-26-22-16-14-12-10-8-6-4-2/h32,36,41-42,46-47H,3-31,33-35,37-40H2,1-2H3,(H,45,48)/b36-32+. The van der Waals surface area contributed by atoms with Crippen molar-refractivity contribution in [2.24, 2.45) is 0 Å². The maximum absolute atomic E-state index is 12.4. The Balaban J connectivity index is 3.53. The zero-order valence-corrected chi connectivity index (χ0v) is 33.4. The highest BCUT2D eigenvalue weighted by molar-refractivity contribution is 5.76. The predicted molar refractivity (Wildman–Crippen MR) is 213 cm³/mol. The van der Waals surface area contributed by atoms with E-state index >= 15 is 0 Å². The Labute approximate surface area is 310 Å². The lowest BCUT2D eigenvalue weighted by atomic mass is 10.0. The van der Waals surface area contributed by atoms with Crippen molar-refractivity contribution in [1.82, 2.24) is 5.32 Å². The number of aliphatic hydroxyl groups excluding tert-OH is 2. The fourth-order valence-electron chi connectivity index (χ4n) is 6.63. The van der Waals surface area contributed by atoms with Crippen LogP contribution in [0, 0.1) is 0 Å². The summed E-state index contributed by atoms with van der Waals surface area (Å²) in [6.45, 7) is 4.82. The third-order valence-electron chi connectivity index (χ3n) is 10.1. The molecule has 0 aromatic heterocycles. The molecule has 0 saturated carbocycles. The van der Waals surface area contributed by atoms with Crippen LogP contribution in [-0.4, -0.2) is 47.4 Å². The molecule has 2 atom stereocenters. The van der Waals surface area contributed by atoms with E-state index in [1.54, 1.807) is 6.08 Å². The number of carbonyl (C=O) groups is 2. The Hall–Kier alpha value is -1.40. The highest BCUT2D eigenvalue weighted by atomic mass is 16.5. The summed E-state index contributed by atoms with van der Waals surface area (Å²) in [5, 5.41) is 22.9. The zero-order chi connectivity index (χ0) is 36.6. The van der Waals surface area contributed by atoms with Gasteiger partial charge in [0.1, 0.15) is 0 Å².